The molecule has 7 nitrogen and oxygen atoms in total. The SMILES string of the molecule is COc1ccc2nc(NC(=O)CN3C(=O)COc4ccccc43)sc2c1. The first-order valence-corrected chi connectivity index (χ1v) is 8.72. The van der Waals surface area contributed by atoms with Crippen LogP contribution in [0.25, 0.3) is 10.2 Å². The van der Waals surface area contributed by atoms with E-state index in [2.05, 4.69) is 10.3 Å². The van der Waals surface area contributed by atoms with Crippen molar-refractivity contribution in [1.82, 2.24) is 4.98 Å². The summed E-state index contributed by atoms with van der Waals surface area (Å²) in [6, 6.07) is 12.7. The van der Waals surface area contributed by atoms with Crippen LogP contribution in [0.1, 0.15) is 0 Å². The fourth-order valence-electron chi connectivity index (χ4n) is 2.72. The molecule has 1 aromatic heterocycles. The predicted octanol–water partition coefficient (Wildman–Crippen LogP) is 2.67. The maximum Gasteiger partial charge on any atom is 0.265 e. The highest BCUT2D eigenvalue weighted by Gasteiger charge is 2.27. The van der Waals surface area contributed by atoms with Crippen molar-refractivity contribution in [2.24, 2.45) is 0 Å². The molecule has 26 heavy (non-hydrogen) atoms. The van der Waals surface area contributed by atoms with E-state index in [1.165, 1.54) is 16.2 Å². The highest BCUT2D eigenvalue weighted by atomic mass is 32.1. The number of amides is 2. The second-order valence-corrected chi connectivity index (χ2v) is 6.67. The molecule has 2 heterocycles. The number of nitrogens with zero attached hydrogens (tertiary/aromatic N) is 2. The highest BCUT2D eigenvalue weighted by molar-refractivity contribution is 7.22. The van der Waals surface area contributed by atoms with Crippen molar-refractivity contribution >= 4 is 44.2 Å². The zero-order valence-electron chi connectivity index (χ0n) is 13.9. The second-order valence-electron chi connectivity index (χ2n) is 5.64. The summed E-state index contributed by atoms with van der Waals surface area (Å²) in [5, 5.41) is 3.24. The van der Waals surface area contributed by atoms with E-state index in [0.29, 0.717) is 16.6 Å². The first-order chi connectivity index (χ1) is 12.6. The van der Waals surface area contributed by atoms with E-state index < -0.39 is 0 Å². The molecule has 0 saturated carbocycles. The van der Waals surface area contributed by atoms with Gasteiger partial charge in [0.2, 0.25) is 5.91 Å². The first-order valence-electron chi connectivity index (χ1n) is 7.90. The number of nitrogens with one attached hydrogen (secondary N) is 1. The van der Waals surface area contributed by atoms with Crippen LogP contribution >= 0.6 is 11.3 Å². The van der Waals surface area contributed by atoms with Crippen LogP contribution in [0, 0.1) is 0 Å². The Morgan fingerprint density at radius 2 is 2.19 bits per heavy atom. The summed E-state index contributed by atoms with van der Waals surface area (Å²) in [5.74, 6) is 0.746. The van der Waals surface area contributed by atoms with Crippen molar-refractivity contribution < 1.29 is 19.1 Å². The molecule has 0 fully saturated rings. The van der Waals surface area contributed by atoms with Gasteiger partial charge in [-0.3, -0.25) is 14.5 Å². The molecule has 0 spiro atoms. The van der Waals surface area contributed by atoms with Crippen molar-refractivity contribution in [3.63, 3.8) is 0 Å². The van der Waals surface area contributed by atoms with Gasteiger partial charge in [-0.25, -0.2) is 4.98 Å². The van der Waals surface area contributed by atoms with E-state index in [4.69, 9.17) is 9.47 Å². The molecular weight excluding hydrogens is 354 g/mol. The lowest BCUT2D eigenvalue weighted by molar-refractivity contribution is -0.123. The first kappa shape index (κ1) is 16.3. The van der Waals surface area contributed by atoms with Gasteiger partial charge in [0.15, 0.2) is 11.7 Å². The summed E-state index contributed by atoms with van der Waals surface area (Å²) in [6.45, 7) is -0.177. The summed E-state index contributed by atoms with van der Waals surface area (Å²) >= 11 is 1.35. The second kappa shape index (κ2) is 6.64. The van der Waals surface area contributed by atoms with Gasteiger partial charge in [-0.05, 0) is 30.3 Å². The van der Waals surface area contributed by atoms with E-state index >= 15 is 0 Å². The minimum Gasteiger partial charge on any atom is -0.497 e. The third kappa shape index (κ3) is 3.06. The van der Waals surface area contributed by atoms with Gasteiger partial charge in [0, 0.05) is 0 Å². The number of carbonyl (C=O) groups is 2. The topological polar surface area (TPSA) is 80.8 Å². The number of anilines is 2. The molecule has 132 valence electrons. The average Bonchev–Trinajstić information content (AvgIpc) is 3.05. The molecule has 4 rings (SSSR count). The minimum atomic E-state index is -0.318. The van der Waals surface area contributed by atoms with Crippen molar-refractivity contribution in [3.05, 3.63) is 42.5 Å². The van der Waals surface area contributed by atoms with Gasteiger partial charge in [-0.2, -0.15) is 0 Å². The molecule has 2 amide bonds. The standard InChI is InChI=1S/C18H15N3O4S/c1-24-11-6-7-12-15(8-11)26-18(19-12)20-16(22)9-21-13-4-2-3-5-14(13)25-10-17(21)23/h2-8H,9-10H2,1H3,(H,19,20,22). The van der Waals surface area contributed by atoms with Crippen LogP contribution < -0.4 is 19.7 Å². The molecule has 0 atom stereocenters. The Morgan fingerprint density at radius 1 is 1.35 bits per heavy atom. The third-order valence-electron chi connectivity index (χ3n) is 3.95. The van der Waals surface area contributed by atoms with Crippen molar-refractivity contribution in [1.29, 1.82) is 0 Å². The van der Waals surface area contributed by atoms with Crippen LogP contribution in [0.15, 0.2) is 42.5 Å². The summed E-state index contributed by atoms with van der Waals surface area (Å²) in [6.07, 6.45) is 0. The number of rotatable bonds is 4. The van der Waals surface area contributed by atoms with E-state index in [-0.39, 0.29) is 25.0 Å². The number of fused-ring (bicyclic) bond motifs is 2. The Balaban J connectivity index is 1.51. The summed E-state index contributed by atoms with van der Waals surface area (Å²) in [5.41, 5.74) is 1.37. The highest BCUT2D eigenvalue weighted by Crippen LogP contribution is 2.32. The Bertz CT molecular complexity index is 1000. The molecule has 1 N–H and O–H groups in total. The molecule has 0 saturated heterocycles. The normalized spacial score (nSPS) is 13.3. The number of carbonyl (C=O) groups excluding carboxylic acids is 2. The number of hydrogen-bond acceptors (Lipinski definition) is 6. The maximum absolute atomic E-state index is 12.4. The van der Waals surface area contributed by atoms with Gasteiger partial charge in [0.1, 0.15) is 18.0 Å². The Kier molecular flexibility index (Phi) is 4.18. The molecule has 0 aliphatic carbocycles. The van der Waals surface area contributed by atoms with Crippen LogP contribution in [-0.4, -0.2) is 37.1 Å². The Labute approximate surface area is 153 Å². The van der Waals surface area contributed by atoms with E-state index in [0.717, 1.165) is 16.0 Å². The van der Waals surface area contributed by atoms with Gasteiger partial charge in [-0.1, -0.05) is 23.5 Å². The minimum absolute atomic E-state index is 0.0781. The van der Waals surface area contributed by atoms with Gasteiger partial charge in [-0.15, -0.1) is 0 Å². The van der Waals surface area contributed by atoms with Crippen LogP contribution in [0.5, 0.6) is 11.5 Å². The zero-order valence-corrected chi connectivity index (χ0v) is 14.7. The third-order valence-corrected chi connectivity index (χ3v) is 4.89. The maximum atomic E-state index is 12.4. The fourth-order valence-corrected chi connectivity index (χ4v) is 3.63. The summed E-state index contributed by atoms with van der Waals surface area (Å²) in [4.78, 5) is 30.4. The van der Waals surface area contributed by atoms with Crippen molar-refractivity contribution in [2.75, 3.05) is 30.5 Å². The van der Waals surface area contributed by atoms with Crippen LogP contribution in [0.3, 0.4) is 0 Å². The van der Waals surface area contributed by atoms with Gasteiger partial charge in [0.25, 0.3) is 5.91 Å². The van der Waals surface area contributed by atoms with E-state index in [9.17, 15) is 9.59 Å². The number of para-hydroxylation sites is 2. The monoisotopic (exact) mass is 369 g/mol. The summed E-state index contributed by atoms with van der Waals surface area (Å²) < 4.78 is 11.5. The summed E-state index contributed by atoms with van der Waals surface area (Å²) in [7, 11) is 1.60. The van der Waals surface area contributed by atoms with E-state index in [1.54, 1.807) is 25.3 Å². The molecular formula is C18H15N3O4S. The lowest BCUT2D eigenvalue weighted by Crippen LogP contribution is -2.43. The smallest absolute Gasteiger partial charge is 0.265 e. The number of aromatic nitrogens is 1. The molecule has 8 heteroatoms. The van der Waals surface area contributed by atoms with Crippen molar-refractivity contribution in [3.8, 4) is 11.5 Å². The van der Waals surface area contributed by atoms with Crippen LogP contribution in [0.2, 0.25) is 0 Å². The quantitative estimate of drug-likeness (QED) is 0.765. The molecule has 1 aliphatic heterocycles. The number of methoxy groups -OCH3 is 1. The van der Waals surface area contributed by atoms with Gasteiger partial charge < -0.3 is 14.8 Å². The molecule has 0 radical (unpaired) electrons. The number of ether oxygens (including phenoxy) is 2. The van der Waals surface area contributed by atoms with Crippen molar-refractivity contribution in [2.45, 2.75) is 0 Å². The molecule has 0 unspecified atom stereocenters. The molecule has 3 aromatic rings. The number of hydrogen-bond donors (Lipinski definition) is 1. The molecule has 1 aliphatic rings. The number of thiazole rings is 1. The predicted molar refractivity (Wildman–Crippen MR) is 99.1 cm³/mol. The fraction of sp³-hybridized carbons (Fsp3) is 0.167. The Hall–Kier alpha value is -3.13. The Morgan fingerprint density at radius 3 is 3.04 bits per heavy atom. The molecule has 2 aromatic carbocycles. The van der Waals surface area contributed by atoms with Gasteiger partial charge >= 0.3 is 0 Å². The number of benzene rings is 2. The zero-order chi connectivity index (χ0) is 18.1. The average molecular weight is 369 g/mol. The largest absolute Gasteiger partial charge is 0.497 e. The lowest BCUT2D eigenvalue weighted by Gasteiger charge is -2.28. The van der Waals surface area contributed by atoms with E-state index in [1.807, 2.05) is 24.3 Å². The lowest BCUT2D eigenvalue weighted by atomic mass is 10.2. The van der Waals surface area contributed by atoms with Crippen LogP contribution in [0.4, 0.5) is 10.8 Å². The van der Waals surface area contributed by atoms with Crippen LogP contribution in [-0.2, 0) is 9.59 Å². The van der Waals surface area contributed by atoms with Gasteiger partial charge in [0.05, 0.1) is 23.0 Å². The molecule has 0 bridgehead atoms.